The van der Waals surface area contributed by atoms with Gasteiger partial charge in [-0.05, 0) is 61.1 Å². The third kappa shape index (κ3) is 2.54. The number of benzene rings is 2. The maximum absolute atomic E-state index is 5.99. The van der Waals surface area contributed by atoms with E-state index in [0.29, 0.717) is 16.5 Å². The fourth-order valence-electron chi connectivity index (χ4n) is 2.51. The van der Waals surface area contributed by atoms with E-state index in [9.17, 15) is 0 Å². The number of rotatable bonds is 2. The summed E-state index contributed by atoms with van der Waals surface area (Å²) in [4.78, 5) is 0. The summed E-state index contributed by atoms with van der Waals surface area (Å²) in [6.45, 7) is 0. The predicted molar refractivity (Wildman–Crippen MR) is 79.0 cm³/mol. The molecule has 0 aliphatic heterocycles. The second-order valence-corrected chi connectivity index (χ2v) is 5.30. The Balaban J connectivity index is 1.89. The molecule has 0 radical (unpaired) electrons. The number of hydrogen-bond donors (Lipinski definition) is 1. The predicted octanol–water partition coefficient (Wildman–Crippen LogP) is 4.59. The van der Waals surface area contributed by atoms with Gasteiger partial charge in [0.1, 0.15) is 5.75 Å². The van der Waals surface area contributed by atoms with Crippen molar-refractivity contribution >= 4 is 17.3 Å². The summed E-state index contributed by atoms with van der Waals surface area (Å²) in [5.41, 5.74) is 9.23. The molecule has 1 aliphatic rings. The first kappa shape index (κ1) is 12.4. The smallest absolute Gasteiger partial charge is 0.151 e. The molecule has 2 aromatic rings. The summed E-state index contributed by atoms with van der Waals surface area (Å²) in [5.74, 6) is 1.44. The van der Waals surface area contributed by atoms with Gasteiger partial charge in [-0.25, -0.2) is 0 Å². The monoisotopic (exact) mass is 273 g/mol. The van der Waals surface area contributed by atoms with Gasteiger partial charge in [0.05, 0.1) is 10.7 Å². The number of nitrogen functional groups attached to an aromatic ring is 1. The van der Waals surface area contributed by atoms with Crippen LogP contribution in [-0.2, 0) is 12.8 Å². The van der Waals surface area contributed by atoms with E-state index < -0.39 is 0 Å². The highest BCUT2D eigenvalue weighted by Crippen LogP contribution is 2.34. The fraction of sp³-hybridized carbons (Fsp3) is 0.250. The molecule has 0 unspecified atom stereocenters. The second kappa shape index (κ2) is 5.14. The Morgan fingerprint density at radius 1 is 1.00 bits per heavy atom. The first-order chi connectivity index (χ1) is 9.24. The van der Waals surface area contributed by atoms with Crippen molar-refractivity contribution in [2.75, 3.05) is 5.73 Å². The van der Waals surface area contributed by atoms with Gasteiger partial charge in [-0.2, -0.15) is 0 Å². The van der Waals surface area contributed by atoms with E-state index in [4.69, 9.17) is 22.1 Å². The van der Waals surface area contributed by atoms with Crippen LogP contribution in [0.1, 0.15) is 24.0 Å². The molecule has 98 valence electrons. The molecule has 2 N–H and O–H groups in total. The molecular weight excluding hydrogens is 258 g/mol. The molecule has 2 nitrogen and oxygen atoms in total. The number of halogens is 1. The summed E-state index contributed by atoms with van der Waals surface area (Å²) in [6.07, 6.45) is 4.86. The van der Waals surface area contributed by atoms with Gasteiger partial charge in [-0.3, -0.25) is 0 Å². The van der Waals surface area contributed by atoms with Gasteiger partial charge in [-0.1, -0.05) is 23.7 Å². The lowest BCUT2D eigenvalue weighted by Crippen LogP contribution is -2.02. The first-order valence-electron chi connectivity index (χ1n) is 6.58. The molecule has 3 rings (SSSR count). The van der Waals surface area contributed by atoms with Crippen LogP contribution in [0.15, 0.2) is 36.4 Å². The topological polar surface area (TPSA) is 35.2 Å². The molecule has 3 heteroatoms. The average Bonchev–Trinajstić information content (AvgIpc) is 2.44. The quantitative estimate of drug-likeness (QED) is 0.812. The van der Waals surface area contributed by atoms with Crippen molar-refractivity contribution in [2.45, 2.75) is 25.7 Å². The molecule has 1 aliphatic carbocycles. The number of para-hydroxylation sites is 1. The maximum atomic E-state index is 5.99. The van der Waals surface area contributed by atoms with E-state index in [2.05, 4.69) is 12.1 Å². The van der Waals surface area contributed by atoms with Gasteiger partial charge in [0, 0.05) is 0 Å². The average molecular weight is 274 g/mol. The Morgan fingerprint density at radius 2 is 1.79 bits per heavy atom. The molecule has 2 aromatic carbocycles. The highest BCUT2D eigenvalue weighted by atomic mass is 35.5. The molecule has 0 amide bonds. The van der Waals surface area contributed by atoms with Gasteiger partial charge < -0.3 is 10.5 Å². The Bertz CT molecular complexity index is 610. The van der Waals surface area contributed by atoms with Crippen molar-refractivity contribution in [3.05, 3.63) is 52.5 Å². The molecule has 0 bridgehead atoms. The van der Waals surface area contributed by atoms with Crippen LogP contribution in [0.3, 0.4) is 0 Å². The van der Waals surface area contributed by atoms with E-state index in [1.165, 1.54) is 30.4 Å². The molecule has 0 saturated heterocycles. The number of nitrogens with two attached hydrogens (primary N) is 1. The van der Waals surface area contributed by atoms with Crippen molar-refractivity contribution in [3.8, 4) is 11.5 Å². The molecular formula is C16H16ClNO. The number of anilines is 1. The SMILES string of the molecule is Nc1c(Cl)cccc1Oc1ccc2c(c1)CCCC2. The van der Waals surface area contributed by atoms with Gasteiger partial charge in [-0.15, -0.1) is 0 Å². The van der Waals surface area contributed by atoms with Crippen LogP contribution in [0.25, 0.3) is 0 Å². The Hall–Kier alpha value is -1.67. The fourth-order valence-corrected chi connectivity index (χ4v) is 2.67. The molecule has 19 heavy (non-hydrogen) atoms. The standard InChI is InChI=1S/C16H16ClNO/c17-14-6-3-7-15(16(14)18)19-13-9-8-11-4-1-2-5-12(11)10-13/h3,6-10H,1-2,4-5,18H2. The minimum Gasteiger partial charge on any atom is -0.455 e. The van der Waals surface area contributed by atoms with Crippen molar-refractivity contribution in [1.82, 2.24) is 0 Å². The third-order valence-electron chi connectivity index (χ3n) is 3.56. The lowest BCUT2D eigenvalue weighted by atomic mass is 9.92. The van der Waals surface area contributed by atoms with Crippen LogP contribution in [-0.4, -0.2) is 0 Å². The summed E-state index contributed by atoms with van der Waals surface area (Å²) in [7, 11) is 0. The van der Waals surface area contributed by atoms with E-state index in [1.807, 2.05) is 18.2 Å². The number of aryl methyl sites for hydroxylation is 2. The van der Waals surface area contributed by atoms with Gasteiger partial charge in [0.15, 0.2) is 5.75 Å². The lowest BCUT2D eigenvalue weighted by Gasteiger charge is -2.17. The lowest BCUT2D eigenvalue weighted by molar-refractivity contribution is 0.483. The molecule has 0 aromatic heterocycles. The minimum atomic E-state index is 0.488. The van der Waals surface area contributed by atoms with Crippen molar-refractivity contribution in [3.63, 3.8) is 0 Å². The minimum absolute atomic E-state index is 0.488. The number of fused-ring (bicyclic) bond motifs is 1. The third-order valence-corrected chi connectivity index (χ3v) is 3.89. The van der Waals surface area contributed by atoms with Gasteiger partial charge in [0.2, 0.25) is 0 Å². The van der Waals surface area contributed by atoms with Crippen LogP contribution >= 0.6 is 11.6 Å². The summed E-state index contributed by atoms with van der Waals surface area (Å²) in [5, 5.41) is 0.524. The van der Waals surface area contributed by atoms with Crippen LogP contribution in [0, 0.1) is 0 Å². The Kier molecular flexibility index (Phi) is 3.34. The van der Waals surface area contributed by atoms with E-state index in [-0.39, 0.29) is 0 Å². The Labute approximate surface area is 118 Å². The molecule has 0 fully saturated rings. The zero-order chi connectivity index (χ0) is 13.2. The van der Waals surface area contributed by atoms with Crippen molar-refractivity contribution in [2.24, 2.45) is 0 Å². The summed E-state index contributed by atoms with van der Waals surface area (Å²) < 4.78 is 5.85. The van der Waals surface area contributed by atoms with Gasteiger partial charge in [0.25, 0.3) is 0 Å². The summed E-state index contributed by atoms with van der Waals surface area (Å²) >= 11 is 5.99. The van der Waals surface area contributed by atoms with Gasteiger partial charge >= 0.3 is 0 Å². The van der Waals surface area contributed by atoms with Crippen LogP contribution in [0.2, 0.25) is 5.02 Å². The normalized spacial score (nSPS) is 13.9. The zero-order valence-electron chi connectivity index (χ0n) is 10.7. The highest BCUT2D eigenvalue weighted by Gasteiger charge is 2.11. The van der Waals surface area contributed by atoms with Crippen molar-refractivity contribution in [1.29, 1.82) is 0 Å². The molecule has 0 spiro atoms. The molecule has 0 atom stereocenters. The highest BCUT2D eigenvalue weighted by molar-refractivity contribution is 6.33. The van der Waals surface area contributed by atoms with Crippen LogP contribution in [0.5, 0.6) is 11.5 Å². The zero-order valence-corrected chi connectivity index (χ0v) is 11.4. The van der Waals surface area contributed by atoms with Crippen molar-refractivity contribution < 1.29 is 4.74 Å². The van der Waals surface area contributed by atoms with E-state index in [1.54, 1.807) is 6.07 Å². The Morgan fingerprint density at radius 3 is 2.63 bits per heavy atom. The maximum Gasteiger partial charge on any atom is 0.151 e. The van der Waals surface area contributed by atoms with Crippen LogP contribution < -0.4 is 10.5 Å². The largest absolute Gasteiger partial charge is 0.455 e. The van der Waals surface area contributed by atoms with E-state index >= 15 is 0 Å². The summed E-state index contributed by atoms with van der Waals surface area (Å²) in [6, 6.07) is 11.7. The molecule has 0 saturated carbocycles. The van der Waals surface area contributed by atoms with E-state index in [0.717, 1.165) is 12.2 Å². The second-order valence-electron chi connectivity index (χ2n) is 4.89. The molecule has 0 heterocycles. The number of hydrogen-bond acceptors (Lipinski definition) is 2. The van der Waals surface area contributed by atoms with Crippen LogP contribution in [0.4, 0.5) is 5.69 Å². The number of ether oxygens (including phenoxy) is 1. The first-order valence-corrected chi connectivity index (χ1v) is 6.95.